The molecule has 1 fully saturated rings. The Morgan fingerprint density at radius 1 is 1.50 bits per heavy atom. The first-order valence-electron chi connectivity index (χ1n) is 6.75. The molecule has 1 rings (SSSR count). The third-order valence-electron chi connectivity index (χ3n) is 3.01. The van der Waals surface area contributed by atoms with E-state index in [0.717, 1.165) is 32.8 Å². The van der Waals surface area contributed by atoms with Crippen molar-refractivity contribution in [2.24, 2.45) is 0 Å². The molecular weight excluding hydrogens is 202 g/mol. The number of hydrogen-bond donors (Lipinski definition) is 1. The van der Waals surface area contributed by atoms with Crippen LogP contribution in [0.25, 0.3) is 0 Å². The maximum absolute atomic E-state index is 5.59. The highest BCUT2D eigenvalue weighted by atomic mass is 16.5. The molecule has 96 valence electrons. The average Bonchev–Trinajstić information content (AvgIpc) is 2.76. The third kappa shape index (κ3) is 6.46. The van der Waals surface area contributed by atoms with Gasteiger partial charge in [-0.1, -0.05) is 13.3 Å². The molecule has 2 atom stereocenters. The molecule has 0 aromatic carbocycles. The Balaban J connectivity index is 1.80. The van der Waals surface area contributed by atoms with Crippen LogP contribution in [0, 0.1) is 0 Å². The zero-order valence-electron chi connectivity index (χ0n) is 10.8. The van der Waals surface area contributed by atoms with E-state index in [1.165, 1.54) is 25.7 Å². The van der Waals surface area contributed by atoms with Gasteiger partial charge in [-0.25, -0.2) is 0 Å². The van der Waals surface area contributed by atoms with Crippen LogP contribution in [0.15, 0.2) is 0 Å². The van der Waals surface area contributed by atoms with Gasteiger partial charge in [0.15, 0.2) is 0 Å². The molecular formula is C13H27NO2. The normalized spacial score (nSPS) is 22.5. The molecule has 2 unspecified atom stereocenters. The summed E-state index contributed by atoms with van der Waals surface area (Å²) in [7, 11) is 0. The fourth-order valence-electron chi connectivity index (χ4n) is 2.05. The van der Waals surface area contributed by atoms with Gasteiger partial charge in [0.05, 0.1) is 12.7 Å². The van der Waals surface area contributed by atoms with Crippen molar-refractivity contribution in [2.45, 2.75) is 58.1 Å². The van der Waals surface area contributed by atoms with E-state index in [-0.39, 0.29) is 0 Å². The van der Waals surface area contributed by atoms with E-state index in [1.807, 2.05) is 0 Å². The summed E-state index contributed by atoms with van der Waals surface area (Å²) in [4.78, 5) is 0. The highest BCUT2D eigenvalue weighted by Crippen LogP contribution is 2.11. The summed E-state index contributed by atoms with van der Waals surface area (Å²) in [5, 5.41) is 3.50. The second-order valence-corrected chi connectivity index (χ2v) is 4.71. The van der Waals surface area contributed by atoms with Crippen molar-refractivity contribution in [3.63, 3.8) is 0 Å². The molecule has 1 aliphatic rings. The molecule has 3 nitrogen and oxygen atoms in total. The molecule has 0 aromatic rings. The van der Waals surface area contributed by atoms with E-state index in [2.05, 4.69) is 19.2 Å². The first-order chi connectivity index (χ1) is 7.83. The Morgan fingerprint density at radius 3 is 3.06 bits per heavy atom. The SMILES string of the molecule is CCCC(C)NCCCOCC1CCCO1. The van der Waals surface area contributed by atoms with Crippen molar-refractivity contribution in [3.05, 3.63) is 0 Å². The van der Waals surface area contributed by atoms with E-state index in [4.69, 9.17) is 9.47 Å². The number of hydrogen-bond acceptors (Lipinski definition) is 3. The first-order valence-corrected chi connectivity index (χ1v) is 6.75. The summed E-state index contributed by atoms with van der Waals surface area (Å²) >= 11 is 0. The van der Waals surface area contributed by atoms with Crippen molar-refractivity contribution in [1.29, 1.82) is 0 Å². The Hall–Kier alpha value is -0.120. The lowest BCUT2D eigenvalue weighted by molar-refractivity contribution is 0.0165. The van der Waals surface area contributed by atoms with Gasteiger partial charge in [-0.2, -0.15) is 0 Å². The van der Waals surface area contributed by atoms with Crippen LogP contribution in [-0.2, 0) is 9.47 Å². The standard InChI is InChI=1S/C13H27NO2/c1-3-6-12(2)14-8-5-9-15-11-13-7-4-10-16-13/h12-14H,3-11H2,1-2H3. The van der Waals surface area contributed by atoms with Crippen LogP contribution >= 0.6 is 0 Å². The van der Waals surface area contributed by atoms with E-state index >= 15 is 0 Å². The van der Waals surface area contributed by atoms with E-state index in [9.17, 15) is 0 Å². The molecule has 3 heteroatoms. The number of rotatable bonds is 9. The smallest absolute Gasteiger partial charge is 0.0809 e. The summed E-state index contributed by atoms with van der Waals surface area (Å²) in [5.41, 5.74) is 0. The highest BCUT2D eigenvalue weighted by molar-refractivity contribution is 4.63. The molecule has 0 amide bonds. The van der Waals surface area contributed by atoms with Crippen LogP contribution in [0.4, 0.5) is 0 Å². The van der Waals surface area contributed by atoms with Crippen LogP contribution in [0.1, 0.15) is 46.0 Å². The van der Waals surface area contributed by atoms with Gasteiger partial charge in [0.2, 0.25) is 0 Å². The summed E-state index contributed by atoms with van der Waals surface area (Å²) in [6, 6.07) is 0.642. The average molecular weight is 229 g/mol. The predicted octanol–water partition coefficient (Wildman–Crippen LogP) is 2.35. The molecule has 0 spiro atoms. The van der Waals surface area contributed by atoms with Crippen molar-refractivity contribution in [1.82, 2.24) is 5.32 Å². The fourth-order valence-corrected chi connectivity index (χ4v) is 2.05. The minimum Gasteiger partial charge on any atom is -0.379 e. The van der Waals surface area contributed by atoms with Crippen molar-refractivity contribution in [3.8, 4) is 0 Å². The second kappa shape index (κ2) is 8.97. The summed E-state index contributed by atoms with van der Waals surface area (Å²) in [5.74, 6) is 0. The van der Waals surface area contributed by atoms with E-state index in [0.29, 0.717) is 12.1 Å². The van der Waals surface area contributed by atoms with Gasteiger partial charge in [0, 0.05) is 19.3 Å². The minimum atomic E-state index is 0.368. The van der Waals surface area contributed by atoms with Gasteiger partial charge in [0.1, 0.15) is 0 Å². The maximum Gasteiger partial charge on any atom is 0.0809 e. The van der Waals surface area contributed by atoms with Gasteiger partial charge in [-0.3, -0.25) is 0 Å². The third-order valence-corrected chi connectivity index (χ3v) is 3.01. The lowest BCUT2D eigenvalue weighted by atomic mass is 10.2. The molecule has 0 saturated carbocycles. The predicted molar refractivity (Wildman–Crippen MR) is 66.8 cm³/mol. The molecule has 1 heterocycles. The highest BCUT2D eigenvalue weighted by Gasteiger charge is 2.14. The quantitative estimate of drug-likeness (QED) is 0.616. The Labute approximate surface area is 99.9 Å². The van der Waals surface area contributed by atoms with Gasteiger partial charge in [-0.15, -0.1) is 0 Å². The van der Waals surface area contributed by atoms with Crippen LogP contribution in [0.2, 0.25) is 0 Å². The molecule has 0 radical (unpaired) electrons. The van der Waals surface area contributed by atoms with Gasteiger partial charge < -0.3 is 14.8 Å². The number of nitrogens with one attached hydrogen (secondary N) is 1. The van der Waals surface area contributed by atoms with E-state index in [1.54, 1.807) is 0 Å². The molecule has 0 aliphatic carbocycles. The van der Waals surface area contributed by atoms with Crippen LogP contribution in [-0.4, -0.2) is 38.5 Å². The van der Waals surface area contributed by atoms with Crippen LogP contribution in [0.3, 0.4) is 0 Å². The fraction of sp³-hybridized carbons (Fsp3) is 1.00. The lowest BCUT2D eigenvalue weighted by Gasteiger charge is -2.13. The maximum atomic E-state index is 5.59. The monoisotopic (exact) mass is 229 g/mol. The van der Waals surface area contributed by atoms with Crippen molar-refractivity contribution < 1.29 is 9.47 Å². The summed E-state index contributed by atoms with van der Waals surface area (Å²) in [6.45, 7) is 8.09. The van der Waals surface area contributed by atoms with Crippen molar-refractivity contribution in [2.75, 3.05) is 26.4 Å². The molecule has 1 N–H and O–H groups in total. The lowest BCUT2D eigenvalue weighted by Crippen LogP contribution is -2.27. The first kappa shape index (κ1) is 13.9. The van der Waals surface area contributed by atoms with Crippen LogP contribution < -0.4 is 5.32 Å². The number of ether oxygens (including phenoxy) is 2. The van der Waals surface area contributed by atoms with E-state index < -0.39 is 0 Å². The summed E-state index contributed by atoms with van der Waals surface area (Å²) in [6.07, 6.45) is 6.35. The van der Waals surface area contributed by atoms with Gasteiger partial charge in [-0.05, 0) is 39.2 Å². The van der Waals surface area contributed by atoms with Crippen molar-refractivity contribution >= 4 is 0 Å². The second-order valence-electron chi connectivity index (χ2n) is 4.71. The zero-order chi connectivity index (χ0) is 11.6. The topological polar surface area (TPSA) is 30.5 Å². The van der Waals surface area contributed by atoms with Crippen LogP contribution in [0.5, 0.6) is 0 Å². The largest absolute Gasteiger partial charge is 0.379 e. The molecule has 1 saturated heterocycles. The van der Waals surface area contributed by atoms with Gasteiger partial charge in [0.25, 0.3) is 0 Å². The minimum absolute atomic E-state index is 0.368. The Kier molecular flexibility index (Phi) is 7.81. The molecule has 16 heavy (non-hydrogen) atoms. The summed E-state index contributed by atoms with van der Waals surface area (Å²) < 4.78 is 11.1. The molecule has 0 aromatic heterocycles. The molecule has 1 aliphatic heterocycles. The zero-order valence-corrected chi connectivity index (χ0v) is 10.8. The Bertz CT molecular complexity index is 158. The van der Waals surface area contributed by atoms with Gasteiger partial charge >= 0.3 is 0 Å². The molecule has 0 bridgehead atoms. The Morgan fingerprint density at radius 2 is 2.38 bits per heavy atom.